The maximum atomic E-state index is 14.8. The Morgan fingerprint density at radius 1 is 1.24 bits per heavy atom. The van der Waals surface area contributed by atoms with Gasteiger partial charge in [-0.2, -0.15) is 13.2 Å². The number of halogens is 5. The maximum Gasteiger partial charge on any atom is 0.408 e. The Kier molecular flexibility index (Phi) is 5.10. The minimum Gasteiger partial charge on any atom is -0.388 e. The lowest BCUT2D eigenvalue weighted by molar-refractivity contribution is -0.158. The summed E-state index contributed by atoms with van der Waals surface area (Å²) >= 11 is 0. The number of hydrogen-bond acceptors (Lipinski definition) is 6. The van der Waals surface area contributed by atoms with E-state index in [4.69, 9.17) is 0 Å². The number of rotatable bonds is 5. The van der Waals surface area contributed by atoms with Gasteiger partial charge in [-0.3, -0.25) is 14.2 Å². The van der Waals surface area contributed by atoms with Crippen LogP contribution < -0.4 is 15.6 Å². The molecule has 3 aromatic rings. The Balaban J connectivity index is 1.47. The summed E-state index contributed by atoms with van der Waals surface area (Å²) in [6, 6.07) is 1.25. The lowest BCUT2D eigenvalue weighted by atomic mass is 10.1. The van der Waals surface area contributed by atoms with Gasteiger partial charge in [0.25, 0.3) is 5.91 Å². The number of nitrogens with zero attached hydrogens (tertiary/aromatic N) is 4. The van der Waals surface area contributed by atoms with Gasteiger partial charge in [-0.25, -0.2) is 18.7 Å². The van der Waals surface area contributed by atoms with E-state index in [1.807, 2.05) is 5.32 Å². The van der Waals surface area contributed by atoms with Crippen molar-refractivity contribution >= 4 is 22.8 Å². The predicted molar refractivity (Wildman–Crippen MR) is 120 cm³/mol. The predicted octanol–water partition coefficient (Wildman–Crippen LogP) is 2.70. The Morgan fingerprint density at radius 2 is 2.00 bits per heavy atom. The number of carbonyl (C=O) groups excluding carboxylic acids is 1. The van der Waals surface area contributed by atoms with E-state index in [1.54, 1.807) is 4.90 Å². The van der Waals surface area contributed by atoms with Crippen molar-refractivity contribution in [3.8, 4) is 5.82 Å². The molecule has 8 nitrogen and oxygen atoms in total. The van der Waals surface area contributed by atoms with Crippen LogP contribution in [0, 0.1) is 23.5 Å². The van der Waals surface area contributed by atoms with Crippen LogP contribution in [0.25, 0.3) is 16.9 Å². The highest BCUT2D eigenvalue weighted by Crippen LogP contribution is 2.50. The van der Waals surface area contributed by atoms with Gasteiger partial charge in [0.15, 0.2) is 17.3 Å². The molecular weight excluding hydrogens is 501 g/mol. The summed E-state index contributed by atoms with van der Waals surface area (Å²) in [5.74, 6) is -4.21. The molecule has 2 saturated carbocycles. The van der Waals surface area contributed by atoms with Gasteiger partial charge in [0.2, 0.25) is 5.43 Å². The van der Waals surface area contributed by atoms with Crippen LogP contribution in [0.2, 0.25) is 0 Å². The SMILES string of the molecule is O=C(N[C@H](C1CC1)C(F)(F)F)c1cn(-c2ncc(F)cc2F)c2nc(N3CC4CC4(O)C3)ccc2c1=O. The van der Waals surface area contributed by atoms with Gasteiger partial charge in [-0.15, -0.1) is 0 Å². The van der Waals surface area contributed by atoms with Gasteiger partial charge in [-0.1, -0.05) is 0 Å². The van der Waals surface area contributed by atoms with Gasteiger partial charge in [0, 0.05) is 31.3 Å². The third-order valence-electron chi connectivity index (χ3n) is 7.26. The largest absolute Gasteiger partial charge is 0.408 e. The van der Waals surface area contributed by atoms with E-state index in [-0.39, 0.29) is 29.8 Å². The van der Waals surface area contributed by atoms with Crippen LogP contribution in [0.3, 0.4) is 0 Å². The van der Waals surface area contributed by atoms with Crippen molar-refractivity contribution in [3.05, 3.63) is 58.0 Å². The first-order valence-corrected chi connectivity index (χ1v) is 11.7. The summed E-state index contributed by atoms with van der Waals surface area (Å²) in [6.45, 7) is 0.826. The molecule has 3 fully saturated rings. The number of pyridine rings is 3. The van der Waals surface area contributed by atoms with Gasteiger partial charge < -0.3 is 15.3 Å². The van der Waals surface area contributed by atoms with Crippen LogP contribution in [0.15, 0.2) is 35.4 Å². The standard InChI is InChI=1S/C24H20F5N5O3/c25-13-5-16(26)21(30-7-13)34-9-15(22(36)32-19(11-1-2-11)24(27,28)29)18(35)14-3-4-17(31-20(14)34)33-8-12-6-23(12,37)10-33/h3-5,7,9,11-12,19,37H,1-2,6,8,10H2,(H,32,36)/t12?,19-,23?/m1/s1. The molecule has 1 amide bonds. The summed E-state index contributed by atoms with van der Waals surface area (Å²) in [6.07, 6.45) is -1.87. The normalized spacial score (nSPS) is 23.7. The number of alkyl halides is 3. The molecule has 0 aromatic carbocycles. The molecule has 2 unspecified atom stereocenters. The highest BCUT2D eigenvalue weighted by molar-refractivity contribution is 5.97. The molecule has 3 aliphatic rings. The molecule has 3 atom stereocenters. The fraction of sp³-hybridized carbons (Fsp3) is 0.417. The summed E-state index contributed by atoms with van der Waals surface area (Å²) < 4.78 is 69.8. The first-order valence-electron chi connectivity index (χ1n) is 11.7. The van der Waals surface area contributed by atoms with Crippen molar-refractivity contribution in [2.24, 2.45) is 11.8 Å². The van der Waals surface area contributed by atoms with Crippen molar-refractivity contribution in [3.63, 3.8) is 0 Å². The van der Waals surface area contributed by atoms with E-state index in [0.717, 1.165) is 17.0 Å². The molecule has 4 heterocycles. The number of aliphatic hydroxyl groups is 1. The number of nitrogens with one attached hydrogen (secondary N) is 1. The Bertz CT molecular complexity index is 1500. The zero-order valence-corrected chi connectivity index (χ0v) is 19.1. The van der Waals surface area contributed by atoms with Crippen molar-refractivity contribution in [1.29, 1.82) is 0 Å². The summed E-state index contributed by atoms with van der Waals surface area (Å²) in [4.78, 5) is 36.1. The molecule has 194 valence electrons. The van der Waals surface area contributed by atoms with Crippen molar-refractivity contribution in [2.45, 2.75) is 37.1 Å². The molecule has 2 N–H and O–H groups in total. The van der Waals surface area contributed by atoms with Gasteiger partial charge in [-0.05, 0) is 37.3 Å². The van der Waals surface area contributed by atoms with Crippen LogP contribution in [0.4, 0.5) is 27.8 Å². The highest BCUT2D eigenvalue weighted by Gasteiger charge is 2.59. The Labute approximate surface area is 205 Å². The molecule has 37 heavy (non-hydrogen) atoms. The van der Waals surface area contributed by atoms with E-state index < -0.39 is 58.1 Å². The minimum atomic E-state index is -4.71. The lowest BCUT2D eigenvalue weighted by Crippen LogP contribution is -2.48. The number of amides is 1. The highest BCUT2D eigenvalue weighted by atomic mass is 19.4. The molecule has 0 bridgehead atoms. The summed E-state index contributed by atoms with van der Waals surface area (Å²) in [5.41, 5.74) is -2.50. The number of piperidine rings is 1. The number of anilines is 1. The molecule has 0 spiro atoms. The van der Waals surface area contributed by atoms with E-state index in [9.17, 15) is 36.6 Å². The first kappa shape index (κ1) is 23.8. The molecule has 3 aromatic heterocycles. The molecule has 1 saturated heterocycles. The van der Waals surface area contributed by atoms with E-state index >= 15 is 0 Å². The maximum absolute atomic E-state index is 14.8. The Morgan fingerprint density at radius 3 is 2.62 bits per heavy atom. The van der Waals surface area contributed by atoms with Crippen LogP contribution in [-0.4, -0.2) is 56.5 Å². The third-order valence-corrected chi connectivity index (χ3v) is 7.26. The van der Waals surface area contributed by atoms with Crippen molar-refractivity contribution < 1.29 is 31.9 Å². The molecular formula is C24H20F5N5O3. The summed E-state index contributed by atoms with van der Waals surface area (Å²) in [7, 11) is 0. The fourth-order valence-electron chi connectivity index (χ4n) is 5.02. The second-order valence-corrected chi connectivity index (χ2v) is 9.96. The van der Waals surface area contributed by atoms with Crippen LogP contribution in [0.5, 0.6) is 0 Å². The lowest BCUT2D eigenvalue weighted by Gasteiger charge is -2.22. The smallest absolute Gasteiger partial charge is 0.388 e. The van der Waals surface area contributed by atoms with Crippen LogP contribution in [-0.2, 0) is 0 Å². The molecule has 1 aliphatic heterocycles. The minimum absolute atomic E-state index is 0.0857. The average molecular weight is 521 g/mol. The fourth-order valence-corrected chi connectivity index (χ4v) is 5.02. The van der Waals surface area contributed by atoms with Crippen molar-refractivity contribution in [1.82, 2.24) is 19.9 Å². The Hall–Kier alpha value is -3.61. The second kappa shape index (κ2) is 7.94. The molecule has 6 rings (SSSR count). The van der Waals surface area contributed by atoms with E-state index in [0.29, 0.717) is 31.4 Å². The number of aromatic nitrogens is 3. The van der Waals surface area contributed by atoms with E-state index in [2.05, 4.69) is 9.97 Å². The number of β-amino-alcohol motifs (C(OH)–C–C–N with tert-alkyl or cyclic N) is 1. The molecule has 13 heteroatoms. The zero-order valence-electron chi connectivity index (χ0n) is 19.1. The average Bonchev–Trinajstić information content (AvgIpc) is 3.74. The number of hydrogen-bond donors (Lipinski definition) is 2. The first-order chi connectivity index (χ1) is 17.4. The van der Waals surface area contributed by atoms with E-state index in [1.165, 1.54) is 12.1 Å². The summed E-state index contributed by atoms with van der Waals surface area (Å²) in [5, 5.41) is 12.1. The topological polar surface area (TPSA) is 100 Å². The van der Waals surface area contributed by atoms with Crippen molar-refractivity contribution in [2.75, 3.05) is 18.0 Å². The molecule has 2 aliphatic carbocycles. The monoisotopic (exact) mass is 521 g/mol. The second-order valence-electron chi connectivity index (χ2n) is 9.96. The van der Waals surface area contributed by atoms with Crippen LogP contribution >= 0.6 is 0 Å². The van der Waals surface area contributed by atoms with Gasteiger partial charge >= 0.3 is 6.18 Å². The van der Waals surface area contributed by atoms with Crippen LogP contribution in [0.1, 0.15) is 29.6 Å². The van der Waals surface area contributed by atoms with Gasteiger partial charge in [0.05, 0.1) is 17.2 Å². The quantitative estimate of drug-likeness (QED) is 0.501. The zero-order chi connectivity index (χ0) is 26.3. The van der Waals surface area contributed by atoms with Gasteiger partial charge in [0.1, 0.15) is 23.2 Å². The number of fused-ring (bicyclic) bond motifs is 2. The molecule has 0 radical (unpaired) electrons. The number of carbonyl (C=O) groups is 1. The third kappa shape index (κ3) is 4.10.